The van der Waals surface area contributed by atoms with Crippen LogP contribution in [0.1, 0.15) is 37.3 Å². The fourth-order valence-electron chi connectivity index (χ4n) is 3.12. The Morgan fingerprint density at radius 3 is 2.21 bits per heavy atom. The Hall–Kier alpha value is -3.04. The summed E-state index contributed by atoms with van der Waals surface area (Å²) in [5.41, 5.74) is 5.53. The van der Waals surface area contributed by atoms with Crippen molar-refractivity contribution in [1.29, 1.82) is 0 Å². The Kier molecular flexibility index (Phi) is 7.48. The Bertz CT molecular complexity index is 924. The maximum absolute atomic E-state index is 9.28. The number of aliphatic hydroxyl groups is 1. The van der Waals surface area contributed by atoms with Gasteiger partial charge in [0, 0.05) is 23.5 Å². The lowest BCUT2D eigenvalue weighted by molar-refractivity contribution is 0.182. The van der Waals surface area contributed by atoms with Crippen molar-refractivity contribution in [2.75, 3.05) is 0 Å². The van der Waals surface area contributed by atoms with Crippen molar-refractivity contribution >= 4 is 6.08 Å². The first-order valence-electron chi connectivity index (χ1n) is 10.1. The molecule has 148 valence electrons. The third-order valence-corrected chi connectivity index (χ3v) is 4.79. The second kappa shape index (κ2) is 10.5. The Morgan fingerprint density at radius 2 is 1.59 bits per heavy atom. The molecule has 0 radical (unpaired) electrons. The average Bonchev–Trinajstić information content (AvgIpc) is 2.75. The summed E-state index contributed by atoms with van der Waals surface area (Å²) in [6.45, 7) is 5.61. The summed E-state index contributed by atoms with van der Waals surface area (Å²) in [4.78, 5) is 9.10. The molecule has 2 aromatic carbocycles. The van der Waals surface area contributed by atoms with Gasteiger partial charge >= 0.3 is 0 Å². The fraction of sp³-hybridized carbons (Fsp3) is 0.231. The Morgan fingerprint density at radius 1 is 0.931 bits per heavy atom. The van der Waals surface area contributed by atoms with E-state index in [1.54, 1.807) is 0 Å². The molecule has 1 unspecified atom stereocenters. The van der Waals surface area contributed by atoms with E-state index in [-0.39, 0.29) is 6.10 Å². The predicted molar refractivity (Wildman–Crippen MR) is 121 cm³/mol. The third kappa shape index (κ3) is 6.23. The summed E-state index contributed by atoms with van der Waals surface area (Å²) >= 11 is 0. The fourth-order valence-corrected chi connectivity index (χ4v) is 3.12. The standard InChI is InChI=1S/C26H28N2O/c1-3-7-21-10-14-23(15-11-21)25-18-27-26(28-19-25)24-16-12-22(13-17-24)9-6-4-5-8-20(2)29/h3,6,9-20,29H,1,4-5,7-8H2,2H3. The molecule has 0 aliphatic carbocycles. The van der Waals surface area contributed by atoms with Gasteiger partial charge in [-0.1, -0.05) is 66.8 Å². The van der Waals surface area contributed by atoms with Crippen molar-refractivity contribution in [2.24, 2.45) is 0 Å². The molecule has 0 bridgehead atoms. The second-order valence-electron chi connectivity index (χ2n) is 7.29. The molecule has 1 N–H and O–H groups in total. The topological polar surface area (TPSA) is 46.0 Å². The van der Waals surface area contributed by atoms with Crippen LogP contribution in [0.25, 0.3) is 28.6 Å². The van der Waals surface area contributed by atoms with E-state index in [1.807, 2.05) is 25.4 Å². The molecular formula is C26H28N2O. The highest BCUT2D eigenvalue weighted by Crippen LogP contribution is 2.22. The molecule has 29 heavy (non-hydrogen) atoms. The molecule has 3 rings (SSSR count). The van der Waals surface area contributed by atoms with Crippen LogP contribution < -0.4 is 0 Å². The average molecular weight is 385 g/mol. The van der Waals surface area contributed by atoms with Crippen LogP contribution in [0.4, 0.5) is 0 Å². The van der Waals surface area contributed by atoms with E-state index < -0.39 is 0 Å². The van der Waals surface area contributed by atoms with Crippen LogP contribution in [0, 0.1) is 0 Å². The summed E-state index contributed by atoms with van der Waals surface area (Å²) in [5.74, 6) is 0.726. The molecule has 0 spiro atoms. The largest absolute Gasteiger partial charge is 0.393 e. The van der Waals surface area contributed by atoms with Gasteiger partial charge in [0.1, 0.15) is 0 Å². The van der Waals surface area contributed by atoms with Gasteiger partial charge in [0.15, 0.2) is 5.82 Å². The lowest BCUT2D eigenvalue weighted by Crippen LogP contribution is -1.97. The normalized spacial score (nSPS) is 12.2. The van der Waals surface area contributed by atoms with Crippen LogP contribution in [0.3, 0.4) is 0 Å². The molecule has 1 heterocycles. The van der Waals surface area contributed by atoms with Gasteiger partial charge in [-0.2, -0.15) is 0 Å². The molecule has 3 aromatic rings. The van der Waals surface area contributed by atoms with Crippen molar-refractivity contribution in [3.8, 4) is 22.5 Å². The lowest BCUT2D eigenvalue weighted by atomic mass is 10.1. The molecule has 3 nitrogen and oxygen atoms in total. The zero-order chi connectivity index (χ0) is 20.5. The van der Waals surface area contributed by atoms with Crippen molar-refractivity contribution in [2.45, 2.75) is 38.7 Å². The molecule has 0 saturated carbocycles. The molecule has 1 aromatic heterocycles. The quantitative estimate of drug-likeness (QED) is 0.358. The number of allylic oxidation sites excluding steroid dienone is 2. The minimum Gasteiger partial charge on any atom is -0.393 e. The smallest absolute Gasteiger partial charge is 0.159 e. The predicted octanol–water partition coefficient (Wildman–Crippen LogP) is 6.10. The SMILES string of the molecule is C=CCc1ccc(-c2cnc(-c3ccc(C=CCCCC(C)O)cc3)nc2)cc1. The third-order valence-electron chi connectivity index (χ3n) is 4.79. The van der Waals surface area contributed by atoms with Crippen LogP contribution in [0.2, 0.25) is 0 Å². The number of aromatic nitrogens is 2. The highest BCUT2D eigenvalue weighted by atomic mass is 16.3. The molecule has 0 fully saturated rings. The maximum Gasteiger partial charge on any atom is 0.159 e. The number of hydrogen-bond acceptors (Lipinski definition) is 3. The summed E-state index contributed by atoms with van der Waals surface area (Å²) in [6, 6.07) is 16.7. The zero-order valence-corrected chi connectivity index (χ0v) is 17.0. The van der Waals surface area contributed by atoms with Gasteiger partial charge in [-0.25, -0.2) is 9.97 Å². The first-order valence-corrected chi connectivity index (χ1v) is 10.1. The number of benzene rings is 2. The molecule has 0 amide bonds. The van der Waals surface area contributed by atoms with Crippen molar-refractivity contribution in [3.63, 3.8) is 0 Å². The van der Waals surface area contributed by atoms with Crippen LogP contribution in [-0.2, 0) is 6.42 Å². The minimum absolute atomic E-state index is 0.217. The number of nitrogens with zero attached hydrogens (tertiary/aromatic N) is 2. The van der Waals surface area contributed by atoms with Gasteiger partial charge < -0.3 is 5.11 Å². The van der Waals surface area contributed by atoms with Gasteiger partial charge in [0.05, 0.1) is 6.10 Å². The monoisotopic (exact) mass is 384 g/mol. The molecule has 0 saturated heterocycles. The van der Waals surface area contributed by atoms with Crippen LogP contribution in [-0.4, -0.2) is 21.2 Å². The van der Waals surface area contributed by atoms with Gasteiger partial charge in [-0.3, -0.25) is 0 Å². The van der Waals surface area contributed by atoms with Crippen LogP contribution in [0.15, 0.2) is 79.7 Å². The zero-order valence-electron chi connectivity index (χ0n) is 17.0. The highest BCUT2D eigenvalue weighted by molar-refractivity contribution is 5.65. The van der Waals surface area contributed by atoms with E-state index in [4.69, 9.17) is 0 Å². The van der Waals surface area contributed by atoms with Crippen molar-refractivity contribution in [3.05, 3.63) is 90.8 Å². The Labute approximate surface area is 173 Å². The molecule has 0 aliphatic heterocycles. The van der Waals surface area contributed by atoms with E-state index in [9.17, 15) is 5.11 Å². The van der Waals surface area contributed by atoms with Crippen molar-refractivity contribution < 1.29 is 5.11 Å². The summed E-state index contributed by atoms with van der Waals surface area (Å²) in [5, 5.41) is 9.28. The van der Waals surface area contributed by atoms with Crippen molar-refractivity contribution in [1.82, 2.24) is 9.97 Å². The Balaban J connectivity index is 1.62. The highest BCUT2D eigenvalue weighted by Gasteiger charge is 2.03. The molecule has 0 aliphatic rings. The summed E-state index contributed by atoms with van der Waals surface area (Å²) in [7, 11) is 0. The van der Waals surface area contributed by atoms with E-state index in [0.717, 1.165) is 53.8 Å². The van der Waals surface area contributed by atoms with Gasteiger partial charge in [-0.15, -0.1) is 6.58 Å². The summed E-state index contributed by atoms with van der Waals surface area (Å²) in [6.07, 6.45) is 13.4. The summed E-state index contributed by atoms with van der Waals surface area (Å²) < 4.78 is 0. The number of hydrogen-bond donors (Lipinski definition) is 1. The van der Waals surface area contributed by atoms with Gasteiger partial charge in [0.25, 0.3) is 0 Å². The van der Waals surface area contributed by atoms with E-state index in [1.165, 1.54) is 5.56 Å². The molecular weight excluding hydrogens is 356 g/mol. The van der Waals surface area contributed by atoms with Crippen LogP contribution >= 0.6 is 0 Å². The van der Waals surface area contributed by atoms with Gasteiger partial charge in [-0.05, 0) is 49.3 Å². The second-order valence-corrected chi connectivity index (χ2v) is 7.29. The minimum atomic E-state index is -0.217. The van der Waals surface area contributed by atoms with Crippen LogP contribution in [0.5, 0.6) is 0 Å². The number of rotatable bonds is 9. The van der Waals surface area contributed by atoms with E-state index in [0.29, 0.717) is 0 Å². The first-order chi connectivity index (χ1) is 14.2. The number of aliphatic hydroxyl groups excluding tert-OH is 1. The first kappa shape index (κ1) is 20.7. The van der Waals surface area contributed by atoms with Gasteiger partial charge in [0.2, 0.25) is 0 Å². The van der Waals surface area contributed by atoms with E-state index >= 15 is 0 Å². The number of unbranched alkanes of at least 4 members (excludes halogenated alkanes) is 1. The molecule has 1 atom stereocenters. The molecule has 3 heteroatoms. The maximum atomic E-state index is 9.28. The van der Waals surface area contributed by atoms with E-state index in [2.05, 4.69) is 77.2 Å². The lowest BCUT2D eigenvalue weighted by Gasteiger charge is -2.05.